The van der Waals surface area contributed by atoms with Gasteiger partial charge < -0.3 is 4.74 Å². The second kappa shape index (κ2) is 4.90. The molecule has 2 heterocycles. The first-order valence-corrected chi connectivity index (χ1v) is 7.58. The third kappa shape index (κ3) is 2.40. The van der Waals surface area contributed by atoms with Crippen molar-refractivity contribution >= 4 is 34.8 Å². The van der Waals surface area contributed by atoms with E-state index >= 15 is 0 Å². The molecule has 1 atom stereocenters. The molecule has 9 heteroatoms. The first kappa shape index (κ1) is 14.5. The highest BCUT2D eigenvalue weighted by Gasteiger charge is 2.34. The topological polar surface area (TPSA) is 90.6 Å². The third-order valence-electron chi connectivity index (χ3n) is 2.77. The Bertz CT molecular complexity index is 784. The number of methoxy groups -OCH3 is 1. The lowest BCUT2D eigenvalue weighted by atomic mass is 10.0. The van der Waals surface area contributed by atoms with Gasteiger partial charge in [0.2, 0.25) is 0 Å². The zero-order valence-electron chi connectivity index (χ0n) is 11.2. The molecular weight excluding hydrogens is 281 g/mol. The number of esters is 1. The molecule has 0 saturated carbocycles. The molecule has 1 unspecified atom stereocenters. The summed E-state index contributed by atoms with van der Waals surface area (Å²) >= 11 is 0. The quantitative estimate of drug-likeness (QED) is 0.537. The van der Waals surface area contributed by atoms with Crippen molar-refractivity contribution in [1.29, 1.82) is 0 Å². The van der Waals surface area contributed by atoms with Crippen LogP contribution in [0.3, 0.4) is 0 Å². The van der Waals surface area contributed by atoms with E-state index < -0.39 is 21.1 Å². The molecule has 0 spiro atoms. The van der Waals surface area contributed by atoms with Gasteiger partial charge in [-0.15, -0.1) is 0 Å². The standard InChI is InChI=1S/C11H12BN3O4S/c1-6-4-8(9(11(16)19-2)20(3,17)18)15-10(14-6)7(12)5-13-15/h4-5,9H,1-3H3. The van der Waals surface area contributed by atoms with E-state index in [0.717, 1.165) is 13.4 Å². The number of carbonyl (C=O) groups excluding carboxylic acids is 1. The van der Waals surface area contributed by atoms with E-state index in [0.29, 0.717) is 16.8 Å². The average Bonchev–Trinajstić information content (AvgIpc) is 2.69. The van der Waals surface area contributed by atoms with Crippen LogP contribution >= 0.6 is 0 Å². The Labute approximate surface area is 117 Å². The predicted octanol–water partition coefficient (Wildman–Crippen LogP) is -0.910. The van der Waals surface area contributed by atoms with Gasteiger partial charge in [-0.2, -0.15) is 5.10 Å². The van der Waals surface area contributed by atoms with Gasteiger partial charge in [-0.25, -0.2) is 17.9 Å². The largest absolute Gasteiger partial charge is 0.468 e. The van der Waals surface area contributed by atoms with Gasteiger partial charge in [0.15, 0.2) is 15.1 Å². The first-order chi connectivity index (χ1) is 9.25. The number of nitrogens with zero attached hydrogens (tertiary/aromatic N) is 3. The molecule has 0 aliphatic carbocycles. The molecule has 0 aromatic carbocycles. The summed E-state index contributed by atoms with van der Waals surface area (Å²) < 4.78 is 29.6. The van der Waals surface area contributed by atoms with Crippen LogP contribution in [0.2, 0.25) is 0 Å². The summed E-state index contributed by atoms with van der Waals surface area (Å²) in [7, 11) is 3.12. The van der Waals surface area contributed by atoms with E-state index in [-0.39, 0.29) is 5.69 Å². The molecule has 0 aliphatic heterocycles. The number of hydrogen-bond acceptors (Lipinski definition) is 6. The van der Waals surface area contributed by atoms with Crippen LogP contribution in [0, 0.1) is 6.92 Å². The molecule has 7 nitrogen and oxygen atoms in total. The number of carbonyl (C=O) groups is 1. The second-order valence-corrected chi connectivity index (χ2v) is 6.52. The van der Waals surface area contributed by atoms with Crippen molar-refractivity contribution in [1.82, 2.24) is 14.6 Å². The Morgan fingerprint density at radius 3 is 2.70 bits per heavy atom. The average molecular weight is 293 g/mol. The minimum atomic E-state index is -3.73. The highest BCUT2D eigenvalue weighted by atomic mass is 32.2. The van der Waals surface area contributed by atoms with E-state index in [4.69, 9.17) is 7.85 Å². The molecule has 2 aromatic heterocycles. The summed E-state index contributed by atoms with van der Waals surface area (Å²) in [5.41, 5.74) is 1.28. The smallest absolute Gasteiger partial charge is 0.330 e. The Kier molecular flexibility index (Phi) is 3.55. The molecule has 2 rings (SSSR count). The first-order valence-electron chi connectivity index (χ1n) is 5.63. The Morgan fingerprint density at radius 2 is 2.15 bits per heavy atom. The fourth-order valence-corrected chi connectivity index (χ4v) is 2.99. The number of aromatic nitrogens is 3. The van der Waals surface area contributed by atoms with Crippen LogP contribution in [0.15, 0.2) is 12.3 Å². The van der Waals surface area contributed by atoms with Gasteiger partial charge in [-0.05, 0) is 18.5 Å². The SMILES string of the molecule is [B]c1cnn2c(C(C(=O)OC)S(C)(=O)=O)cc(C)nc12. The van der Waals surface area contributed by atoms with Gasteiger partial charge in [0.25, 0.3) is 0 Å². The fraction of sp³-hybridized carbons (Fsp3) is 0.364. The van der Waals surface area contributed by atoms with E-state index in [2.05, 4.69) is 14.8 Å². The molecular formula is C11H12BN3O4S. The summed E-state index contributed by atoms with van der Waals surface area (Å²) in [6, 6.07) is 1.47. The summed E-state index contributed by atoms with van der Waals surface area (Å²) in [5.74, 6) is -0.881. The van der Waals surface area contributed by atoms with Crippen molar-refractivity contribution in [2.24, 2.45) is 0 Å². The van der Waals surface area contributed by atoms with Crippen molar-refractivity contribution in [3.05, 3.63) is 23.7 Å². The Hall–Kier alpha value is -1.90. The minimum Gasteiger partial charge on any atom is -0.468 e. The summed E-state index contributed by atoms with van der Waals surface area (Å²) in [5, 5.41) is 2.49. The van der Waals surface area contributed by atoms with Gasteiger partial charge in [-0.3, -0.25) is 4.79 Å². The van der Waals surface area contributed by atoms with Crippen LogP contribution in [0.1, 0.15) is 16.6 Å². The molecule has 20 heavy (non-hydrogen) atoms. The summed E-state index contributed by atoms with van der Waals surface area (Å²) in [6.45, 7) is 1.67. The maximum atomic E-state index is 11.9. The van der Waals surface area contributed by atoms with Gasteiger partial charge in [0.1, 0.15) is 13.5 Å². The maximum absolute atomic E-state index is 11.9. The van der Waals surface area contributed by atoms with E-state index in [1.165, 1.54) is 16.8 Å². The van der Waals surface area contributed by atoms with Crippen molar-refractivity contribution in [3.63, 3.8) is 0 Å². The zero-order valence-corrected chi connectivity index (χ0v) is 12.0. The lowest BCUT2D eigenvalue weighted by Crippen LogP contribution is -2.25. The highest BCUT2D eigenvalue weighted by Crippen LogP contribution is 2.23. The maximum Gasteiger partial charge on any atom is 0.330 e. The van der Waals surface area contributed by atoms with Crippen LogP contribution in [0.25, 0.3) is 5.65 Å². The molecule has 0 aliphatic rings. The number of fused-ring (bicyclic) bond motifs is 1. The molecule has 2 aromatic rings. The Morgan fingerprint density at radius 1 is 1.50 bits per heavy atom. The molecule has 104 valence electrons. The summed E-state index contributed by atoms with van der Waals surface area (Å²) in [4.78, 5) is 16.0. The minimum absolute atomic E-state index is 0.151. The molecule has 0 fully saturated rings. The number of aryl methyl sites for hydroxylation is 1. The van der Waals surface area contributed by atoms with Crippen LogP contribution in [0.4, 0.5) is 0 Å². The normalized spacial score (nSPS) is 13.3. The van der Waals surface area contributed by atoms with E-state index in [1.54, 1.807) is 6.92 Å². The van der Waals surface area contributed by atoms with Crippen molar-refractivity contribution in [2.45, 2.75) is 12.2 Å². The van der Waals surface area contributed by atoms with Crippen LogP contribution in [-0.4, -0.2) is 50.2 Å². The third-order valence-corrected chi connectivity index (χ3v) is 4.06. The number of ether oxygens (including phenoxy) is 1. The summed E-state index contributed by atoms with van der Waals surface area (Å²) in [6.07, 6.45) is 2.31. The molecule has 0 N–H and O–H groups in total. The molecule has 2 radical (unpaired) electrons. The monoisotopic (exact) mass is 293 g/mol. The van der Waals surface area contributed by atoms with Crippen LogP contribution in [-0.2, 0) is 19.4 Å². The van der Waals surface area contributed by atoms with Crippen molar-refractivity contribution < 1.29 is 17.9 Å². The van der Waals surface area contributed by atoms with E-state index in [9.17, 15) is 13.2 Å². The molecule has 0 amide bonds. The lowest BCUT2D eigenvalue weighted by Gasteiger charge is -2.15. The lowest BCUT2D eigenvalue weighted by molar-refractivity contribution is -0.140. The van der Waals surface area contributed by atoms with Gasteiger partial charge in [-0.1, -0.05) is 0 Å². The highest BCUT2D eigenvalue weighted by molar-refractivity contribution is 7.91. The van der Waals surface area contributed by atoms with Crippen LogP contribution in [0.5, 0.6) is 0 Å². The predicted molar refractivity (Wildman–Crippen MR) is 72.7 cm³/mol. The van der Waals surface area contributed by atoms with Gasteiger partial charge in [0.05, 0.1) is 12.8 Å². The molecule has 0 saturated heterocycles. The second-order valence-electron chi connectivity index (χ2n) is 4.39. The Balaban J connectivity index is 2.81. The zero-order chi connectivity index (χ0) is 15.1. The van der Waals surface area contributed by atoms with E-state index in [1.807, 2.05) is 0 Å². The number of hydrogen-bond donors (Lipinski definition) is 0. The number of rotatable bonds is 3. The fourth-order valence-electron chi connectivity index (χ4n) is 1.94. The number of sulfone groups is 1. The van der Waals surface area contributed by atoms with Crippen LogP contribution < -0.4 is 5.46 Å². The molecule has 0 bridgehead atoms. The van der Waals surface area contributed by atoms with Gasteiger partial charge >= 0.3 is 5.97 Å². The van der Waals surface area contributed by atoms with Crippen molar-refractivity contribution in [3.8, 4) is 0 Å². The van der Waals surface area contributed by atoms with Crippen molar-refractivity contribution in [2.75, 3.05) is 13.4 Å². The van der Waals surface area contributed by atoms with Gasteiger partial charge in [0, 0.05) is 18.1 Å².